The molecular formula is C13H18N2O2S. The van der Waals surface area contributed by atoms with Gasteiger partial charge in [-0.1, -0.05) is 6.42 Å². The summed E-state index contributed by atoms with van der Waals surface area (Å²) in [4.78, 5) is 15.7. The van der Waals surface area contributed by atoms with Gasteiger partial charge in [-0.2, -0.15) is 11.8 Å². The molecule has 0 spiro atoms. The average molecular weight is 266 g/mol. The second-order valence-electron chi connectivity index (χ2n) is 5.15. The molecule has 98 valence electrons. The molecule has 2 aliphatic heterocycles. The van der Waals surface area contributed by atoms with E-state index < -0.39 is 5.97 Å². The highest BCUT2D eigenvalue weighted by Crippen LogP contribution is 2.39. The first-order valence-corrected chi connectivity index (χ1v) is 7.69. The molecule has 1 aromatic rings. The maximum Gasteiger partial charge on any atom is 0.308 e. The third-order valence-electron chi connectivity index (χ3n) is 3.94. The smallest absolute Gasteiger partial charge is 0.308 e. The van der Waals surface area contributed by atoms with Crippen LogP contribution >= 0.6 is 11.8 Å². The number of hydrogen-bond acceptors (Lipinski definition) is 3. The van der Waals surface area contributed by atoms with Crippen molar-refractivity contribution in [3.8, 4) is 0 Å². The number of nitrogens with zero attached hydrogens (tertiary/aromatic N) is 2. The average Bonchev–Trinajstić information content (AvgIpc) is 2.82. The standard InChI is InChI=1S/C13H18N2O2S/c16-13(17)9-4-5-10-7-14-12(15(10)8-9)11-3-1-2-6-18-11/h7,9,11H,1-6,8H2,(H,16,17). The van der Waals surface area contributed by atoms with Gasteiger partial charge in [-0.05, 0) is 31.4 Å². The van der Waals surface area contributed by atoms with Crippen LogP contribution in [0.4, 0.5) is 0 Å². The Bertz CT molecular complexity index is 452. The summed E-state index contributed by atoms with van der Waals surface area (Å²) in [6.45, 7) is 0.608. The van der Waals surface area contributed by atoms with E-state index in [1.165, 1.54) is 30.7 Å². The zero-order valence-corrected chi connectivity index (χ0v) is 11.2. The highest BCUT2D eigenvalue weighted by molar-refractivity contribution is 7.99. The first-order valence-electron chi connectivity index (χ1n) is 6.64. The highest BCUT2D eigenvalue weighted by Gasteiger charge is 2.29. The Balaban J connectivity index is 1.84. The molecule has 2 atom stereocenters. The number of carbonyl (C=O) groups is 1. The third-order valence-corrected chi connectivity index (χ3v) is 5.31. The number of aromatic nitrogens is 2. The minimum atomic E-state index is -0.670. The first-order chi connectivity index (χ1) is 8.75. The summed E-state index contributed by atoms with van der Waals surface area (Å²) in [5, 5.41) is 9.64. The van der Waals surface area contributed by atoms with E-state index in [-0.39, 0.29) is 5.92 Å². The Hall–Kier alpha value is -0.970. The van der Waals surface area contributed by atoms with Crippen LogP contribution in [0.3, 0.4) is 0 Å². The van der Waals surface area contributed by atoms with Gasteiger partial charge < -0.3 is 9.67 Å². The first kappa shape index (κ1) is 12.1. The number of carboxylic acid groups (broad SMARTS) is 1. The van der Waals surface area contributed by atoms with Gasteiger partial charge in [-0.3, -0.25) is 4.79 Å². The third kappa shape index (κ3) is 2.16. The summed E-state index contributed by atoms with van der Waals surface area (Å²) in [6, 6.07) is 0. The summed E-state index contributed by atoms with van der Waals surface area (Å²) in [6.07, 6.45) is 7.29. The second-order valence-corrected chi connectivity index (χ2v) is 6.46. The molecule has 0 aromatic carbocycles. The number of imidazole rings is 1. The van der Waals surface area contributed by atoms with E-state index in [0.29, 0.717) is 11.8 Å². The molecule has 1 saturated heterocycles. The van der Waals surface area contributed by atoms with Crippen molar-refractivity contribution < 1.29 is 9.90 Å². The minimum Gasteiger partial charge on any atom is -0.481 e. The van der Waals surface area contributed by atoms with Crippen LogP contribution < -0.4 is 0 Å². The van der Waals surface area contributed by atoms with Crippen LogP contribution in [0.2, 0.25) is 0 Å². The lowest BCUT2D eigenvalue weighted by Gasteiger charge is -2.26. The van der Waals surface area contributed by atoms with Crippen molar-refractivity contribution in [3.63, 3.8) is 0 Å². The van der Waals surface area contributed by atoms with Crippen molar-refractivity contribution in [1.82, 2.24) is 9.55 Å². The van der Waals surface area contributed by atoms with E-state index >= 15 is 0 Å². The SMILES string of the molecule is O=C(O)C1CCc2cnc(C3CCCCS3)n2C1. The molecule has 0 bridgehead atoms. The molecule has 0 saturated carbocycles. The molecule has 18 heavy (non-hydrogen) atoms. The quantitative estimate of drug-likeness (QED) is 0.893. The molecule has 4 nitrogen and oxygen atoms in total. The summed E-state index contributed by atoms with van der Waals surface area (Å²) >= 11 is 1.97. The van der Waals surface area contributed by atoms with Gasteiger partial charge in [-0.15, -0.1) is 0 Å². The van der Waals surface area contributed by atoms with Gasteiger partial charge in [0.25, 0.3) is 0 Å². The second kappa shape index (κ2) is 4.96. The highest BCUT2D eigenvalue weighted by atomic mass is 32.2. The van der Waals surface area contributed by atoms with E-state index in [1.807, 2.05) is 18.0 Å². The van der Waals surface area contributed by atoms with Crippen LogP contribution in [0.25, 0.3) is 0 Å². The summed E-state index contributed by atoms with van der Waals surface area (Å²) in [5.74, 6) is 1.41. The van der Waals surface area contributed by atoms with E-state index in [0.717, 1.165) is 18.7 Å². The lowest BCUT2D eigenvalue weighted by atomic mass is 9.98. The molecule has 1 aromatic heterocycles. The van der Waals surface area contributed by atoms with Crippen molar-refractivity contribution in [2.75, 3.05) is 5.75 Å². The normalized spacial score (nSPS) is 27.8. The van der Waals surface area contributed by atoms with Crippen LogP contribution in [0, 0.1) is 5.92 Å². The molecule has 0 amide bonds. The van der Waals surface area contributed by atoms with Gasteiger partial charge in [0.05, 0.1) is 11.2 Å². The fraction of sp³-hybridized carbons (Fsp3) is 0.692. The van der Waals surface area contributed by atoms with Gasteiger partial charge in [-0.25, -0.2) is 4.98 Å². The van der Waals surface area contributed by atoms with Crippen molar-refractivity contribution in [2.24, 2.45) is 5.92 Å². The number of aliphatic carboxylic acids is 1. The maximum absolute atomic E-state index is 11.1. The zero-order chi connectivity index (χ0) is 12.5. The summed E-state index contributed by atoms with van der Waals surface area (Å²) < 4.78 is 2.17. The van der Waals surface area contributed by atoms with E-state index in [4.69, 9.17) is 5.11 Å². The number of hydrogen-bond donors (Lipinski definition) is 1. The molecular weight excluding hydrogens is 248 g/mol. The van der Waals surface area contributed by atoms with Gasteiger partial charge in [0.2, 0.25) is 0 Å². The number of aryl methyl sites for hydroxylation is 1. The lowest BCUT2D eigenvalue weighted by molar-refractivity contribution is -0.142. The van der Waals surface area contributed by atoms with Crippen molar-refractivity contribution in [3.05, 3.63) is 17.7 Å². The molecule has 1 fully saturated rings. The number of carboxylic acids is 1. The molecule has 3 rings (SSSR count). The predicted molar refractivity (Wildman–Crippen MR) is 70.7 cm³/mol. The fourth-order valence-electron chi connectivity index (χ4n) is 2.87. The van der Waals surface area contributed by atoms with E-state index in [9.17, 15) is 4.79 Å². The topological polar surface area (TPSA) is 55.1 Å². The minimum absolute atomic E-state index is 0.237. The number of fused-ring (bicyclic) bond motifs is 1. The lowest BCUT2D eigenvalue weighted by Crippen LogP contribution is -2.28. The van der Waals surface area contributed by atoms with E-state index in [2.05, 4.69) is 9.55 Å². The van der Waals surface area contributed by atoms with Gasteiger partial charge in [0.15, 0.2) is 0 Å². The molecule has 0 aliphatic carbocycles. The van der Waals surface area contributed by atoms with Crippen molar-refractivity contribution in [1.29, 1.82) is 0 Å². The summed E-state index contributed by atoms with van der Waals surface area (Å²) in [7, 11) is 0. The molecule has 2 aliphatic rings. The molecule has 2 unspecified atom stereocenters. The van der Waals surface area contributed by atoms with Crippen LogP contribution in [-0.2, 0) is 17.8 Å². The van der Waals surface area contributed by atoms with E-state index in [1.54, 1.807) is 0 Å². The van der Waals surface area contributed by atoms with Crippen LogP contribution in [-0.4, -0.2) is 26.4 Å². The molecule has 3 heterocycles. The Morgan fingerprint density at radius 3 is 3.06 bits per heavy atom. The Morgan fingerprint density at radius 2 is 2.33 bits per heavy atom. The molecule has 0 radical (unpaired) electrons. The summed E-state index contributed by atoms with van der Waals surface area (Å²) in [5.41, 5.74) is 1.22. The van der Waals surface area contributed by atoms with Gasteiger partial charge in [0.1, 0.15) is 5.82 Å². The van der Waals surface area contributed by atoms with Crippen LogP contribution in [0.15, 0.2) is 6.20 Å². The Morgan fingerprint density at radius 1 is 1.44 bits per heavy atom. The van der Waals surface area contributed by atoms with Crippen molar-refractivity contribution in [2.45, 2.75) is 43.9 Å². The monoisotopic (exact) mass is 266 g/mol. The van der Waals surface area contributed by atoms with Gasteiger partial charge in [0, 0.05) is 18.4 Å². The zero-order valence-electron chi connectivity index (χ0n) is 10.3. The Labute approximate surface area is 111 Å². The van der Waals surface area contributed by atoms with Crippen LogP contribution in [0.5, 0.6) is 0 Å². The van der Waals surface area contributed by atoms with Crippen LogP contribution in [0.1, 0.15) is 42.5 Å². The number of rotatable bonds is 2. The molecule has 5 heteroatoms. The van der Waals surface area contributed by atoms with Gasteiger partial charge >= 0.3 is 5.97 Å². The van der Waals surface area contributed by atoms with Crippen molar-refractivity contribution >= 4 is 17.7 Å². The Kier molecular flexibility index (Phi) is 3.33. The molecule has 1 N–H and O–H groups in total. The number of thioether (sulfide) groups is 1. The maximum atomic E-state index is 11.1. The largest absolute Gasteiger partial charge is 0.481 e. The predicted octanol–water partition coefficient (Wildman–Crippen LogP) is 2.49. The fourth-order valence-corrected chi connectivity index (χ4v) is 4.20.